The Kier molecular flexibility index (Phi) is 4.92. The number of tetrazole rings is 1. The Morgan fingerprint density at radius 3 is 2.95 bits per heavy atom. The van der Waals surface area contributed by atoms with Gasteiger partial charge in [0.1, 0.15) is 0 Å². The van der Waals surface area contributed by atoms with Crippen molar-refractivity contribution in [3.05, 3.63) is 17.5 Å². The minimum atomic E-state index is 0.776. The van der Waals surface area contributed by atoms with E-state index in [4.69, 9.17) is 0 Å². The fraction of sp³-hybridized carbons (Fsp3) is 0.636. The van der Waals surface area contributed by atoms with Crippen molar-refractivity contribution in [1.82, 2.24) is 35.3 Å². The van der Waals surface area contributed by atoms with Crippen molar-refractivity contribution in [3.63, 3.8) is 0 Å². The molecule has 1 N–H and O–H groups in total. The molecule has 19 heavy (non-hydrogen) atoms. The molecule has 0 atom stereocenters. The van der Waals surface area contributed by atoms with Gasteiger partial charge in [0.2, 0.25) is 5.16 Å². The highest BCUT2D eigenvalue weighted by Gasteiger charge is 2.09. The largest absolute Gasteiger partial charge is 0.318 e. The Labute approximate surface area is 116 Å². The fourth-order valence-electron chi connectivity index (χ4n) is 1.79. The van der Waals surface area contributed by atoms with Gasteiger partial charge in [-0.1, -0.05) is 11.8 Å². The van der Waals surface area contributed by atoms with E-state index in [2.05, 4.69) is 38.9 Å². The van der Waals surface area contributed by atoms with Crippen LogP contribution in [0.2, 0.25) is 0 Å². The normalized spacial score (nSPS) is 11.1. The third kappa shape index (κ3) is 3.54. The third-order valence-electron chi connectivity index (χ3n) is 2.71. The first-order valence-electron chi connectivity index (χ1n) is 6.31. The van der Waals surface area contributed by atoms with Crippen molar-refractivity contribution >= 4 is 11.8 Å². The van der Waals surface area contributed by atoms with Crippen LogP contribution in [0.5, 0.6) is 0 Å². The van der Waals surface area contributed by atoms with E-state index in [1.54, 1.807) is 11.8 Å². The zero-order valence-corrected chi connectivity index (χ0v) is 12.3. The minimum Gasteiger partial charge on any atom is -0.318 e. The Bertz CT molecular complexity index is 519. The lowest BCUT2D eigenvalue weighted by molar-refractivity contribution is 0.529. The molecule has 0 unspecified atom stereocenters. The SMILES string of the molecule is CCn1nc(C)cc1CSc1nnnn1CCNC. The Morgan fingerprint density at radius 1 is 1.37 bits per heavy atom. The van der Waals surface area contributed by atoms with E-state index in [1.165, 1.54) is 5.69 Å². The number of aromatic nitrogens is 6. The summed E-state index contributed by atoms with van der Waals surface area (Å²) in [5.74, 6) is 0.828. The predicted octanol–water partition coefficient (Wildman–Crippen LogP) is 0.710. The van der Waals surface area contributed by atoms with Crippen molar-refractivity contribution in [3.8, 4) is 0 Å². The van der Waals surface area contributed by atoms with Crippen LogP contribution in [0.25, 0.3) is 0 Å². The number of hydrogen-bond acceptors (Lipinski definition) is 6. The topological polar surface area (TPSA) is 73.5 Å². The summed E-state index contributed by atoms with van der Waals surface area (Å²) in [7, 11) is 1.92. The number of hydrogen-bond donors (Lipinski definition) is 1. The van der Waals surface area contributed by atoms with Crippen LogP contribution in [-0.4, -0.2) is 43.6 Å². The Morgan fingerprint density at radius 2 is 2.21 bits per heavy atom. The van der Waals surface area contributed by atoms with Gasteiger partial charge in [-0.2, -0.15) is 5.10 Å². The number of aryl methyl sites for hydroxylation is 2. The van der Waals surface area contributed by atoms with Gasteiger partial charge in [-0.15, -0.1) is 5.10 Å². The Balaban J connectivity index is 2.00. The molecular formula is C11H19N7S. The highest BCUT2D eigenvalue weighted by molar-refractivity contribution is 7.98. The molecule has 0 aliphatic rings. The molecule has 0 saturated carbocycles. The maximum absolute atomic E-state index is 4.44. The molecule has 8 heteroatoms. The summed E-state index contributed by atoms with van der Waals surface area (Å²) in [5.41, 5.74) is 2.25. The molecule has 7 nitrogen and oxygen atoms in total. The predicted molar refractivity (Wildman–Crippen MR) is 73.9 cm³/mol. The molecule has 2 aromatic heterocycles. The van der Waals surface area contributed by atoms with E-state index >= 15 is 0 Å². The molecule has 0 radical (unpaired) electrons. The lowest BCUT2D eigenvalue weighted by Gasteiger charge is -2.05. The molecule has 0 fully saturated rings. The van der Waals surface area contributed by atoms with Gasteiger partial charge in [0, 0.05) is 24.5 Å². The van der Waals surface area contributed by atoms with Crippen LogP contribution in [0.3, 0.4) is 0 Å². The van der Waals surface area contributed by atoms with Crippen LogP contribution in [0, 0.1) is 6.92 Å². The molecule has 104 valence electrons. The monoisotopic (exact) mass is 281 g/mol. The lowest BCUT2D eigenvalue weighted by atomic mass is 10.4. The van der Waals surface area contributed by atoms with E-state index in [-0.39, 0.29) is 0 Å². The van der Waals surface area contributed by atoms with Gasteiger partial charge in [-0.3, -0.25) is 4.68 Å². The molecule has 2 heterocycles. The molecule has 0 aromatic carbocycles. The van der Waals surface area contributed by atoms with Crippen LogP contribution in [0.4, 0.5) is 0 Å². The first-order valence-corrected chi connectivity index (χ1v) is 7.30. The van der Waals surface area contributed by atoms with Gasteiger partial charge in [-0.05, 0) is 37.4 Å². The van der Waals surface area contributed by atoms with Crippen molar-refractivity contribution in [2.75, 3.05) is 13.6 Å². The lowest BCUT2D eigenvalue weighted by Crippen LogP contribution is -2.16. The van der Waals surface area contributed by atoms with Gasteiger partial charge < -0.3 is 5.32 Å². The van der Waals surface area contributed by atoms with Crippen LogP contribution < -0.4 is 5.32 Å². The van der Waals surface area contributed by atoms with E-state index in [1.807, 2.05) is 23.3 Å². The molecule has 0 aliphatic carbocycles. The van der Waals surface area contributed by atoms with E-state index in [0.717, 1.165) is 36.2 Å². The zero-order valence-electron chi connectivity index (χ0n) is 11.5. The number of likely N-dealkylation sites (N-methyl/N-ethyl adjacent to an activating group) is 1. The van der Waals surface area contributed by atoms with Gasteiger partial charge in [0.05, 0.1) is 12.2 Å². The van der Waals surface area contributed by atoms with Crippen molar-refractivity contribution in [1.29, 1.82) is 0 Å². The minimum absolute atomic E-state index is 0.776. The smallest absolute Gasteiger partial charge is 0.209 e. The van der Waals surface area contributed by atoms with Crippen molar-refractivity contribution < 1.29 is 0 Å². The summed E-state index contributed by atoms with van der Waals surface area (Å²) in [6.45, 7) is 6.62. The van der Waals surface area contributed by atoms with Crippen LogP contribution >= 0.6 is 11.8 Å². The van der Waals surface area contributed by atoms with Gasteiger partial charge in [0.25, 0.3) is 0 Å². The number of thioether (sulfide) groups is 1. The van der Waals surface area contributed by atoms with Gasteiger partial charge >= 0.3 is 0 Å². The number of nitrogens with one attached hydrogen (secondary N) is 1. The quantitative estimate of drug-likeness (QED) is 0.754. The summed E-state index contributed by atoms with van der Waals surface area (Å²) in [6, 6.07) is 2.11. The summed E-state index contributed by atoms with van der Waals surface area (Å²) < 4.78 is 3.84. The summed E-state index contributed by atoms with van der Waals surface area (Å²) in [6.07, 6.45) is 0. The second-order valence-electron chi connectivity index (χ2n) is 4.17. The van der Waals surface area contributed by atoms with Crippen molar-refractivity contribution in [2.45, 2.75) is 37.8 Å². The average molecular weight is 281 g/mol. The van der Waals surface area contributed by atoms with E-state index in [0.29, 0.717) is 0 Å². The average Bonchev–Trinajstić information content (AvgIpc) is 2.99. The highest BCUT2D eigenvalue weighted by Crippen LogP contribution is 2.20. The molecular weight excluding hydrogens is 262 g/mol. The maximum atomic E-state index is 4.44. The molecule has 2 rings (SSSR count). The zero-order chi connectivity index (χ0) is 13.7. The maximum Gasteiger partial charge on any atom is 0.209 e. The van der Waals surface area contributed by atoms with E-state index in [9.17, 15) is 0 Å². The second kappa shape index (κ2) is 6.67. The van der Waals surface area contributed by atoms with Crippen molar-refractivity contribution in [2.24, 2.45) is 0 Å². The molecule has 0 amide bonds. The fourth-order valence-corrected chi connectivity index (χ4v) is 2.67. The molecule has 0 spiro atoms. The first-order chi connectivity index (χ1) is 9.24. The van der Waals surface area contributed by atoms with Crippen LogP contribution in [0.1, 0.15) is 18.3 Å². The molecule has 0 saturated heterocycles. The first kappa shape index (κ1) is 14.0. The molecule has 0 bridgehead atoms. The van der Waals surface area contributed by atoms with Gasteiger partial charge in [-0.25, -0.2) is 4.68 Å². The Hall–Kier alpha value is -1.41. The summed E-state index contributed by atoms with van der Waals surface area (Å²) >= 11 is 1.64. The van der Waals surface area contributed by atoms with Crippen LogP contribution in [-0.2, 0) is 18.8 Å². The van der Waals surface area contributed by atoms with E-state index < -0.39 is 0 Å². The number of nitrogens with zero attached hydrogens (tertiary/aromatic N) is 6. The van der Waals surface area contributed by atoms with Crippen LogP contribution in [0.15, 0.2) is 11.2 Å². The highest BCUT2D eigenvalue weighted by atomic mass is 32.2. The molecule has 2 aromatic rings. The third-order valence-corrected chi connectivity index (χ3v) is 3.70. The standard InChI is InChI=1S/C11H19N7S/c1-4-17-10(7-9(2)14-17)8-19-11-13-15-16-18(11)6-5-12-3/h7,12H,4-6,8H2,1-3H3. The summed E-state index contributed by atoms with van der Waals surface area (Å²) in [4.78, 5) is 0. The number of rotatable bonds is 7. The second-order valence-corrected chi connectivity index (χ2v) is 5.11. The summed E-state index contributed by atoms with van der Waals surface area (Å²) in [5, 5.41) is 20.1. The van der Waals surface area contributed by atoms with Gasteiger partial charge in [0.15, 0.2) is 0 Å². The molecule has 0 aliphatic heterocycles.